The van der Waals surface area contributed by atoms with Gasteiger partial charge in [0.15, 0.2) is 11.0 Å². The second-order valence-corrected chi connectivity index (χ2v) is 8.08. The highest BCUT2D eigenvalue weighted by Crippen LogP contribution is 2.29. The van der Waals surface area contributed by atoms with Crippen LogP contribution in [0.1, 0.15) is 25.5 Å². The summed E-state index contributed by atoms with van der Waals surface area (Å²) < 4.78 is 13.0. The van der Waals surface area contributed by atoms with Crippen LogP contribution >= 0.6 is 11.8 Å². The van der Waals surface area contributed by atoms with E-state index < -0.39 is 6.10 Å². The van der Waals surface area contributed by atoms with Crippen molar-refractivity contribution >= 4 is 11.8 Å². The summed E-state index contributed by atoms with van der Waals surface area (Å²) >= 11 is 1.48. The molecule has 0 radical (unpaired) electrons. The third-order valence-corrected chi connectivity index (χ3v) is 5.45. The summed E-state index contributed by atoms with van der Waals surface area (Å²) in [6.07, 6.45) is -0.609. The maximum Gasteiger partial charge on any atom is 0.191 e. The number of nitrogens with zero attached hydrogens (tertiary/aromatic N) is 3. The number of aryl methyl sites for hydroxylation is 1. The van der Waals surface area contributed by atoms with Crippen molar-refractivity contribution in [2.75, 3.05) is 19.5 Å². The number of aromatic nitrogens is 3. The minimum absolute atomic E-state index is 0.185. The van der Waals surface area contributed by atoms with E-state index in [0.717, 1.165) is 33.6 Å². The number of methoxy groups -OCH3 is 1. The van der Waals surface area contributed by atoms with Gasteiger partial charge in [-0.1, -0.05) is 23.9 Å². The molecule has 3 rings (SSSR count). The Morgan fingerprint density at radius 2 is 1.83 bits per heavy atom. The average Bonchev–Trinajstić information content (AvgIpc) is 3.15. The lowest BCUT2D eigenvalue weighted by molar-refractivity contribution is 0.126. The third-order valence-electron chi connectivity index (χ3n) is 4.37. The average molecular weight is 414 g/mol. The molecule has 0 aliphatic carbocycles. The normalized spacial score (nSPS) is 12.2. The molecule has 0 aliphatic heterocycles. The summed E-state index contributed by atoms with van der Waals surface area (Å²) in [6, 6.07) is 15.8. The zero-order chi connectivity index (χ0) is 20.8. The first-order chi connectivity index (χ1) is 14.0. The van der Waals surface area contributed by atoms with Gasteiger partial charge in [-0.3, -0.25) is 4.57 Å². The third kappa shape index (κ3) is 5.52. The monoisotopic (exact) mass is 413 g/mol. The predicted octanol–water partition coefficient (Wildman–Crippen LogP) is 4.38. The number of hydrogen-bond donors (Lipinski definition) is 1. The van der Waals surface area contributed by atoms with Crippen LogP contribution in [0.25, 0.3) is 11.4 Å². The van der Waals surface area contributed by atoms with E-state index in [1.807, 2.05) is 55.5 Å². The number of benzene rings is 2. The number of thioether (sulfide) groups is 1. The number of rotatable bonds is 9. The lowest BCUT2D eigenvalue weighted by Crippen LogP contribution is -2.20. The lowest BCUT2D eigenvalue weighted by Gasteiger charge is -2.15. The Kier molecular flexibility index (Phi) is 7.17. The van der Waals surface area contributed by atoms with E-state index in [-0.39, 0.29) is 12.6 Å². The molecule has 2 aromatic carbocycles. The molecule has 1 aromatic heterocycles. The van der Waals surface area contributed by atoms with Crippen LogP contribution in [0, 0.1) is 6.92 Å². The molecule has 0 amide bonds. The van der Waals surface area contributed by atoms with Crippen LogP contribution in [0.5, 0.6) is 11.5 Å². The Morgan fingerprint density at radius 1 is 1.07 bits per heavy atom. The van der Waals surface area contributed by atoms with Gasteiger partial charge in [0, 0.05) is 17.4 Å². The van der Waals surface area contributed by atoms with E-state index in [0.29, 0.717) is 5.75 Å². The van der Waals surface area contributed by atoms with Crippen molar-refractivity contribution in [3.63, 3.8) is 0 Å². The van der Waals surface area contributed by atoms with Gasteiger partial charge in [-0.2, -0.15) is 0 Å². The van der Waals surface area contributed by atoms with Gasteiger partial charge in [-0.05, 0) is 62.7 Å². The Bertz CT molecular complexity index is 925. The highest BCUT2D eigenvalue weighted by Gasteiger charge is 2.18. The molecule has 154 valence electrons. The van der Waals surface area contributed by atoms with E-state index in [4.69, 9.17) is 9.47 Å². The molecule has 1 N–H and O–H groups in total. The summed E-state index contributed by atoms with van der Waals surface area (Å²) in [6.45, 7) is 6.44. The minimum Gasteiger partial charge on any atom is -0.497 e. The maximum atomic E-state index is 10.3. The fourth-order valence-electron chi connectivity index (χ4n) is 2.89. The first-order valence-electron chi connectivity index (χ1n) is 9.57. The van der Waals surface area contributed by atoms with Crippen LogP contribution in [0.4, 0.5) is 0 Å². The fourth-order valence-corrected chi connectivity index (χ4v) is 3.87. The van der Waals surface area contributed by atoms with Crippen molar-refractivity contribution in [1.29, 1.82) is 0 Å². The molecule has 0 spiro atoms. The van der Waals surface area contributed by atoms with Crippen LogP contribution in [-0.4, -0.2) is 45.4 Å². The summed E-state index contributed by atoms with van der Waals surface area (Å²) in [5, 5.41) is 19.8. The molecular weight excluding hydrogens is 386 g/mol. The molecular formula is C22H27N3O3S. The van der Waals surface area contributed by atoms with Crippen molar-refractivity contribution in [3.05, 3.63) is 54.1 Å². The van der Waals surface area contributed by atoms with E-state index in [1.165, 1.54) is 11.8 Å². The second kappa shape index (κ2) is 9.80. The maximum absolute atomic E-state index is 10.3. The Labute approximate surface area is 175 Å². The second-order valence-electron chi connectivity index (χ2n) is 7.09. The van der Waals surface area contributed by atoms with Gasteiger partial charge in [-0.15, -0.1) is 10.2 Å². The predicted molar refractivity (Wildman–Crippen MR) is 116 cm³/mol. The highest BCUT2D eigenvalue weighted by atomic mass is 32.2. The molecule has 3 aromatic rings. The van der Waals surface area contributed by atoms with Gasteiger partial charge >= 0.3 is 0 Å². The molecule has 0 fully saturated rings. The van der Waals surface area contributed by atoms with Crippen LogP contribution in [0.3, 0.4) is 0 Å². The Morgan fingerprint density at radius 3 is 2.48 bits per heavy atom. The Balaban J connectivity index is 1.65. The number of aliphatic hydroxyl groups is 1. The molecule has 1 atom stereocenters. The van der Waals surface area contributed by atoms with Crippen molar-refractivity contribution in [3.8, 4) is 22.9 Å². The van der Waals surface area contributed by atoms with Crippen molar-refractivity contribution in [1.82, 2.24) is 14.8 Å². The molecule has 0 unspecified atom stereocenters. The fraction of sp³-hybridized carbons (Fsp3) is 0.364. The van der Waals surface area contributed by atoms with Crippen molar-refractivity contribution in [2.24, 2.45) is 0 Å². The first kappa shape index (κ1) is 21.2. The highest BCUT2D eigenvalue weighted by molar-refractivity contribution is 7.99. The van der Waals surface area contributed by atoms with E-state index >= 15 is 0 Å². The minimum atomic E-state index is -0.609. The molecule has 0 bridgehead atoms. The molecule has 0 saturated carbocycles. The molecule has 29 heavy (non-hydrogen) atoms. The molecule has 0 saturated heterocycles. The lowest BCUT2D eigenvalue weighted by atomic mass is 10.2. The summed E-state index contributed by atoms with van der Waals surface area (Å²) in [4.78, 5) is 0. The topological polar surface area (TPSA) is 69.4 Å². The summed E-state index contributed by atoms with van der Waals surface area (Å²) in [5.74, 6) is 2.84. The zero-order valence-electron chi connectivity index (χ0n) is 17.2. The SMILES string of the molecule is COc1ccc(-c2nnc(SC[C@H](O)COc3cccc(C)c3)n2C(C)C)cc1. The first-order valence-corrected chi connectivity index (χ1v) is 10.6. The van der Waals surface area contributed by atoms with Crippen molar-refractivity contribution in [2.45, 2.75) is 38.1 Å². The number of ether oxygens (including phenoxy) is 2. The van der Waals surface area contributed by atoms with E-state index in [1.54, 1.807) is 7.11 Å². The van der Waals surface area contributed by atoms with Gasteiger partial charge in [0.25, 0.3) is 0 Å². The molecule has 6 nitrogen and oxygen atoms in total. The summed E-state index contributed by atoms with van der Waals surface area (Å²) in [7, 11) is 1.65. The zero-order valence-corrected chi connectivity index (χ0v) is 18.0. The molecule has 7 heteroatoms. The van der Waals surface area contributed by atoms with E-state index in [2.05, 4.69) is 28.6 Å². The van der Waals surface area contributed by atoms with Gasteiger partial charge in [0.2, 0.25) is 0 Å². The molecule has 0 aliphatic rings. The van der Waals surface area contributed by atoms with Crippen LogP contribution in [0.2, 0.25) is 0 Å². The largest absolute Gasteiger partial charge is 0.497 e. The van der Waals surface area contributed by atoms with Crippen LogP contribution in [0.15, 0.2) is 53.7 Å². The van der Waals surface area contributed by atoms with Gasteiger partial charge in [0.1, 0.15) is 18.1 Å². The van der Waals surface area contributed by atoms with Gasteiger partial charge < -0.3 is 14.6 Å². The number of aliphatic hydroxyl groups excluding tert-OH is 1. The smallest absolute Gasteiger partial charge is 0.191 e. The number of hydrogen-bond acceptors (Lipinski definition) is 6. The summed E-state index contributed by atoms with van der Waals surface area (Å²) in [5.41, 5.74) is 2.10. The van der Waals surface area contributed by atoms with E-state index in [9.17, 15) is 5.11 Å². The standard InChI is InChI=1S/C22H27N3O3S/c1-15(2)25-21(17-8-10-19(27-4)11-9-17)23-24-22(25)29-14-18(26)13-28-20-7-5-6-16(3)12-20/h5-12,15,18,26H,13-14H2,1-4H3/t18-/m1/s1. The Hall–Kier alpha value is -2.51. The van der Waals surface area contributed by atoms with Crippen LogP contribution in [-0.2, 0) is 0 Å². The van der Waals surface area contributed by atoms with Gasteiger partial charge in [-0.25, -0.2) is 0 Å². The van der Waals surface area contributed by atoms with Crippen molar-refractivity contribution < 1.29 is 14.6 Å². The quantitative estimate of drug-likeness (QED) is 0.525. The van der Waals surface area contributed by atoms with Gasteiger partial charge in [0.05, 0.1) is 13.2 Å². The van der Waals surface area contributed by atoms with Crippen LogP contribution < -0.4 is 9.47 Å². The molecule has 1 heterocycles.